The number of fused-ring (bicyclic) bond motifs is 1. The minimum atomic E-state index is -0.358. The van der Waals surface area contributed by atoms with E-state index in [9.17, 15) is 14.4 Å². The topological polar surface area (TPSA) is 69.7 Å². The lowest BCUT2D eigenvalue weighted by atomic mass is 9.93. The van der Waals surface area contributed by atoms with Crippen molar-refractivity contribution >= 4 is 23.8 Å². The molecule has 0 bridgehead atoms. The van der Waals surface area contributed by atoms with Crippen molar-refractivity contribution in [2.24, 2.45) is 0 Å². The highest BCUT2D eigenvalue weighted by Gasteiger charge is 2.28. The fraction of sp³-hybridized carbons (Fsp3) is 0.353. The van der Waals surface area contributed by atoms with Crippen LogP contribution in [0.25, 0.3) is 6.08 Å². The van der Waals surface area contributed by atoms with Gasteiger partial charge in [0, 0.05) is 27.2 Å². The van der Waals surface area contributed by atoms with Gasteiger partial charge >= 0.3 is 0 Å². The lowest BCUT2D eigenvalue weighted by Gasteiger charge is -2.32. The predicted molar refractivity (Wildman–Crippen MR) is 87.1 cm³/mol. The van der Waals surface area contributed by atoms with Gasteiger partial charge in [0.25, 0.3) is 0 Å². The van der Waals surface area contributed by atoms with Gasteiger partial charge in [-0.1, -0.05) is 24.3 Å². The van der Waals surface area contributed by atoms with Crippen molar-refractivity contribution in [3.8, 4) is 0 Å². The van der Waals surface area contributed by atoms with Gasteiger partial charge in [0.15, 0.2) is 0 Å². The number of hydrogen-bond donors (Lipinski definition) is 1. The van der Waals surface area contributed by atoms with Crippen molar-refractivity contribution in [2.75, 3.05) is 20.6 Å². The molecule has 0 saturated carbocycles. The van der Waals surface area contributed by atoms with E-state index in [0.29, 0.717) is 0 Å². The highest BCUT2D eigenvalue weighted by Crippen LogP contribution is 2.32. The molecule has 1 atom stereocenters. The summed E-state index contributed by atoms with van der Waals surface area (Å²) in [7, 11) is 3.27. The Balaban J connectivity index is 2.12. The molecule has 0 spiro atoms. The van der Waals surface area contributed by atoms with E-state index in [1.54, 1.807) is 25.2 Å². The third-order valence-corrected chi connectivity index (χ3v) is 3.78. The molecule has 0 saturated heterocycles. The highest BCUT2D eigenvalue weighted by molar-refractivity contribution is 5.86. The molecule has 0 fully saturated rings. The molecule has 1 aromatic carbocycles. The fourth-order valence-electron chi connectivity index (χ4n) is 2.49. The predicted octanol–water partition coefficient (Wildman–Crippen LogP) is 1.15. The third-order valence-electron chi connectivity index (χ3n) is 3.78. The van der Waals surface area contributed by atoms with Crippen molar-refractivity contribution in [3.05, 3.63) is 41.6 Å². The molecule has 6 nitrogen and oxygen atoms in total. The number of nitrogens with zero attached hydrogens (tertiary/aromatic N) is 2. The number of rotatable bonds is 4. The summed E-state index contributed by atoms with van der Waals surface area (Å²) in [4.78, 5) is 38.5. The Morgan fingerprint density at radius 1 is 1.22 bits per heavy atom. The average Bonchev–Trinajstić information content (AvgIpc) is 2.52. The SMILES string of the molecule is CC(=O)N1C=Cc2ccccc2[C@@H]1CC(=O)NCC(=O)N(C)C. The van der Waals surface area contributed by atoms with Gasteiger partial charge in [-0.05, 0) is 17.2 Å². The second kappa shape index (κ2) is 7.09. The van der Waals surface area contributed by atoms with Crippen LogP contribution in [0.1, 0.15) is 30.5 Å². The molecule has 3 amide bonds. The van der Waals surface area contributed by atoms with Crippen LogP contribution in [-0.2, 0) is 14.4 Å². The van der Waals surface area contributed by atoms with E-state index in [4.69, 9.17) is 0 Å². The van der Waals surface area contributed by atoms with E-state index in [1.807, 2.05) is 30.3 Å². The lowest BCUT2D eigenvalue weighted by Crippen LogP contribution is -2.39. The molecular weight excluding hydrogens is 294 g/mol. The van der Waals surface area contributed by atoms with Gasteiger partial charge in [-0.15, -0.1) is 0 Å². The van der Waals surface area contributed by atoms with Gasteiger partial charge in [-0.3, -0.25) is 14.4 Å². The molecule has 122 valence electrons. The first-order valence-electron chi connectivity index (χ1n) is 7.43. The smallest absolute Gasteiger partial charge is 0.241 e. The van der Waals surface area contributed by atoms with E-state index in [2.05, 4.69) is 5.32 Å². The molecule has 0 aliphatic carbocycles. The van der Waals surface area contributed by atoms with Gasteiger partial charge < -0.3 is 15.1 Å². The van der Waals surface area contributed by atoms with Gasteiger partial charge in [-0.2, -0.15) is 0 Å². The van der Waals surface area contributed by atoms with Crippen LogP contribution in [0.15, 0.2) is 30.5 Å². The van der Waals surface area contributed by atoms with Crippen LogP contribution < -0.4 is 5.32 Å². The van der Waals surface area contributed by atoms with E-state index in [1.165, 1.54) is 11.8 Å². The number of hydrogen-bond acceptors (Lipinski definition) is 3. The van der Waals surface area contributed by atoms with E-state index in [0.717, 1.165) is 11.1 Å². The molecule has 1 aromatic rings. The monoisotopic (exact) mass is 315 g/mol. The minimum Gasteiger partial charge on any atom is -0.347 e. The van der Waals surface area contributed by atoms with Crippen molar-refractivity contribution in [1.82, 2.24) is 15.1 Å². The largest absolute Gasteiger partial charge is 0.347 e. The summed E-state index contributed by atoms with van der Waals surface area (Å²) in [6.45, 7) is 1.43. The van der Waals surface area contributed by atoms with Crippen LogP contribution in [-0.4, -0.2) is 48.2 Å². The Hall–Kier alpha value is -2.63. The lowest BCUT2D eigenvalue weighted by molar-refractivity contribution is -0.133. The first-order valence-corrected chi connectivity index (χ1v) is 7.43. The van der Waals surface area contributed by atoms with Crippen LogP contribution in [0.5, 0.6) is 0 Å². The highest BCUT2D eigenvalue weighted by atomic mass is 16.2. The van der Waals surface area contributed by atoms with Crippen molar-refractivity contribution in [3.63, 3.8) is 0 Å². The molecule has 0 aromatic heterocycles. The van der Waals surface area contributed by atoms with Gasteiger partial charge in [0.1, 0.15) is 0 Å². The summed E-state index contributed by atoms with van der Waals surface area (Å²) < 4.78 is 0. The molecule has 1 heterocycles. The Kier molecular flexibility index (Phi) is 5.16. The first kappa shape index (κ1) is 16.7. The number of nitrogens with one attached hydrogen (secondary N) is 1. The maximum Gasteiger partial charge on any atom is 0.241 e. The van der Waals surface area contributed by atoms with E-state index >= 15 is 0 Å². The number of carbonyl (C=O) groups is 3. The van der Waals surface area contributed by atoms with Crippen LogP contribution in [0, 0.1) is 0 Å². The summed E-state index contributed by atoms with van der Waals surface area (Å²) in [6.07, 6.45) is 3.68. The van der Waals surface area contributed by atoms with Gasteiger partial charge in [0.2, 0.25) is 17.7 Å². The molecular formula is C17H21N3O3. The van der Waals surface area contributed by atoms with Gasteiger partial charge in [0.05, 0.1) is 19.0 Å². The van der Waals surface area contributed by atoms with Crippen LogP contribution in [0.3, 0.4) is 0 Å². The quantitative estimate of drug-likeness (QED) is 0.906. The number of likely N-dealkylation sites (N-methyl/N-ethyl adjacent to an activating group) is 1. The summed E-state index contributed by atoms with van der Waals surface area (Å²) in [5.74, 6) is -0.565. The molecule has 23 heavy (non-hydrogen) atoms. The molecule has 6 heteroatoms. The van der Waals surface area contributed by atoms with Crippen molar-refractivity contribution in [1.29, 1.82) is 0 Å². The average molecular weight is 315 g/mol. The van der Waals surface area contributed by atoms with Crippen molar-refractivity contribution < 1.29 is 14.4 Å². The number of amides is 3. The van der Waals surface area contributed by atoms with Gasteiger partial charge in [-0.25, -0.2) is 0 Å². The summed E-state index contributed by atoms with van der Waals surface area (Å²) in [6, 6.07) is 7.31. The number of carbonyl (C=O) groups excluding carboxylic acids is 3. The maximum absolute atomic E-state index is 12.2. The normalized spacial score (nSPS) is 15.8. The zero-order valence-corrected chi connectivity index (χ0v) is 13.6. The van der Waals surface area contributed by atoms with Crippen LogP contribution >= 0.6 is 0 Å². The zero-order valence-electron chi connectivity index (χ0n) is 13.6. The summed E-state index contributed by atoms with van der Waals surface area (Å²) in [5.41, 5.74) is 1.92. The summed E-state index contributed by atoms with van der Waals surface area (Å²) >= 11 is 0. The molecule has 2 rings (SSSR count). The van der Waals surface area contributed by atoms with Crippen LogP contribution in [0.4, 0.5) is 0 Å². The Morgan fingerprint density at radius 2 is 1.91 bits per heavy atom. The van der Waals surface area contributed by atoms with E-state index < -0.39 is 0 Å². The second-order valence-electron chi connectivity index (χ2n) is 5.66. The molecule has 1 N–H and O–H groups in total. The second-order valence-corrected chi connectivity index (χ2v) is 5.66. The summed E-state index contributed by atoms with van der Waals surface area (Å²) in [5, 5.41) is 2.61. The Labute approximate surface area is 135 Å². The molecule has 0 radical (unpaired) electrons. The number of benzene rings is 1. The molecule has 1 aliphatic heterocycles. The first-order chi connectivity index (χ1) is 10.9. The molecule has 0 unspecified atom stereocenters. The van der Waals surface area contributed by atoms with Crippen LogP contribution in [0.2, 0.25) is 0 Å². The maximum atomic E-state index is 12.2. The Morgan fingerprint density at radius 3 is 2.57 bits per heavy atom. The van der Waals surface area contributed by atoms with Crippen molar-refractivity contribution in [2.45, 2.75) is 19.4 Å². The Bertz CT molecular complexity index is 652. The standard InChI is InChI=1S/C17H21N3O3/c1-12(21)20-9-8-13-6-4-5-7-14(13)15(20)10-16(22)18-11-17(23)19(2)3/h4-9,15H,10-11H2,1-3H3,(H,18,22)/t15-/m0/s1. The molecule has 1 aliphatic rings. The fourth-order valence-corrected chi connectivity index (χ4v) is 2.49. The minimum absolute atomic E-state index is 0.0455. The van der Waals surface area contributed by atoms with E-state index in [-0.39, 0.29) is 36.7 Å². The third kappa shape index (κ3) is 3.97. The zero-order chi connectivity index (χ0) is 17.0.